The Bertz CT molecular complexity index is 152. The van der Waals surface area contributed by atoms with Gasteiger partial charge in [-0.15, -0.1) is 0 Å². The molecular weight excluding hydrogens is 161 g/mol. The molecule has 0 amide bonds. The van der Waals surface area contributed by atoms with Gasteiger partial charge in [0.2, 0.25) is 0 Å². The van der Waals surface area contributed by atoms with Crippen LogP contribution in [0.15, 0.2) is 5.16 Å². The van der Waals surface area contributed by atoms with Gasteiger partial charge in [0.25, 0.3) is 0 Å². The molecule has 0 saturated carbocycles. The molecule has 1 atom stereocenters. The van der Waals surface area contributed by atoms with Crippen LogP contribution in [0.5, 0.6) is 0 Å². The number of hydrogen-bond acceptors (Lipinski definition) is 3. The van der Waals surface area contributed by atoms with Crippen LogP contribution in [0.1, 0.15) is 13.3 Å². The average molecular weight is 177 g/mol. The van der Waals surface area contributed by atoms with E-state index in [1.807, 2.05) is 11.8 Å². The van der Waals surface area contributed by atoms with Gasteiger partial charge in [0, 0.05) is 19.0 Å². The molecule has 0 aromatic rings. The summed E-state index contributed by atoms with van der Waals surface area (Å²) in [6.07, 6.45) is 0.451. The van der Waals surface area contributed by atoms with E-state index in [-0.39, 0.29) is 18.6 Å². The highest BCUT2D eigenvalue weighted by Gasteiger charge is 2.10. The van der Waals surface area contributed by atoms with E-state index in [2.05, 4.69) is 5.16 Å². The van der Waals surface area contributed by atoms with Crippen LogP contribution in [-0.2, 0) is 0 Å². The first-order valence-corrected chi connectivity index (χ1v) is 3.84. The fourth-order valence-corrected chi connectivity index (χ4v) is 0.853. The maximum Gasteiger partial charge on any atom is 0.140 e. The Kier molecular flexibility index (Phi) is 5.36. The summed E-state index contributed by atoms with van der Waals surface area (Å²) in [4.78, 5) is 1.82. The molecule has 0 heterocycles. The minimum absolute atomic E-state index is 0.0941. The minimum Gasteiger partial charge on any atom is -0.409 e. The van der Waals surface area contributed by atoms with Crippen LogP contribution < -0.4 is 5.73 Å². The fourth-order valence-electron chi connectivity index (χ4n) is 0.853. The number of rotatable bonds is 5. The SMILES string of the molecule is CC(CC(N)=NO)N(C)CCF. The van der Waals surface area contributed by atoms with E-state index in [0.29, 0.717) is 13.0 Å². The first kappa shape index (κ1) is 11.2. The van der Waals surface area contributed by atoms with Gasteiger partial charge in [-0.1, -0.05) is 5.16 Å². The predicted octanol–water partition coefficient (Wildman–Crippen LogP) is 0.413. The van der Waals surface area contributed by atoms with Gasteiger partial charge in [-0.3, -0.25) is 0 Å². The largest absolute Gasteiger partial charge is 0.409 e. The van der Waals surface area contributed by atoms with Crippen LogP contribution in [0.25, 0.3) is 0 Å². The van der Waals surface area contributed by atoms with E-state index in [1.165, 1.54) is 0 Å². The molecule has 0 aromatic carbocycles. The Morgan fingerprint density at radius 1 is 1.75 bits per heavy atom. The van der Waals surface area contributed by atoms with Gasteiger partial charge in [0.05, 0.1) is 0 Å². The van der Waals surface area contributed by atoms with Crippen LogP contribution in [0.3, 0.4) is 0 Å². The highest BCUT2D eigenvalue weighted by Crippen LogP contribution is 2.00. The predicted molar refractivity (Wildman–Crippen MR) is 46.1 cm³/mol. The lowest BCUT2D eigenvalue weighted by Crippen LogP contribution is -2.34. The van der Waals surface area contributed by atoms with E-state index >= 15 is 0 Å². The van der Waals surface area contributed by atoms with Crippen LogP contribution in [0.4, 0.5) is 4.39 Å². The molecule has 72 valence electrons. The van der Waals surface area contributed by atoms with Crippen molar-refractivity contribution in [3.05, 3.63) is 0 Å². The summed E-state index contributed by atoms with van der Waals surface area (Å²) in [6.45, 7) is 1.89. The smallest absolute Gasteiger partial charge is 0.140 e. The number of nitrogens with zero attached hydrogens (tertiary/aromatic N) is 2. The first-order valence-electron chi connectivity index (χ1n) is 3.84. The lowest BCUT2D eigenvalue weighted by atomic mass is 10.2. The second-order valence-electron chi connectivity index (χ2n) is 2.81. The normalized spacial score (nSPS) is 15.2. The van der Waals surface area contributed by atoms with Gasteiger partial charge >= 0.3 is 0 Å². The maximum atomic E-state index is 11.9. The van der Waals surface area contributed by atoms with Crippen molar-refractivity contribution in [2.75, 3.05) is 20.3 Å². The van der Waals surface area contributed by atoms with Crippen LogP contribution >= 0.6 is 0 Å². The van der Waals surface area contributed by atoms with Gasteiger partial charge in [0.1, 0.15) is 12.5 Å². The average Bonchev–Trinajstić information content (AvgIpc) is 2.04. The van der Waals surface area contributed by atoms with E-state index in [9.17, 15) is 4.39 Å². The third-order valence-electron chi connectivity index (χ3n) is 1.82. The quantitative estimate of drug-likeness (QED) is 0.277. The van der Waals surface area contributed by atoms with Crippen molar-refractivity contribution < 1.29 is 9.60 Å². The second-order valence-corrected chi connectivity index (χ2v) is 2.81. The number of hydrogen-bond donors (Lipinski definition) is 2. The van der Waals surface area contributed by atoms with Gasteiger partial charge in [0.15, 0.2) is 0 Å². The molecule has 5 heteroatoms. The Morgan fingerprint density at radius 2 is 2.33 bits per heavy atom. The fraction of sp³-hybridized carbons (Fsp3) is 0.857. The summed E-state index contributed by atoms with van der Waals surface area (Å²) in [7, 11) is 1.80. The molecule has 0 spiro atoms. The second kappa shape index (κ2) is 5.77. The third kappa shape index (κ3) is 4.12. The first-order chi connectivity index (χ1) is 5.61. The van der Waals surface area contributed by atoms with Crippen molar-refractivity contribution in [1.82, 2.24) is 4.90 Å². The summed E-state index contributed by atoms with van der Waals surface area (Å²) >= 11 is 0. The number of nitrogens with two attached hydrogens (primary N) is 1. The Balaban J connectivity index is 3.77. The summed E-state index contributed by atoms with van der Waals surface area (Å²) in [5.41, 5.74) is 5.29. The molecule has 0 bridgehead atoms. The number of amidine groups is 1. The zero-order valence-corrected chi connectivity index (χ0v) is 7.50. The monoisotopic (exact) mass is 177 g/mol. The Labute approximate surface area is 71.8 Å². The van der Waals surface area contributed by atoms with E-state index in [1.54, 1.807) is 7.05 Å². The minimum atomic E-state index is -0.378. The highest BCUT2D eigenvalue weighted by molar-refractivity contribution is 5.80. The molecule has 0 fully saturated rings. The molecule has 1 unspecified atom stereocenters. The van der Waals surface area contributed by atoms with E-state index in [4.69, 9.17) is 10.9 Å². The molecule has 0 saturated heterocycles. The lowest BCUT2D eigenvalue weighted by molar-refractivity contribution is 0.236. The zero-order valence-electron chi connectivity index (χ0n) is 7.50. The molecule has 12 heavy (non-hydrogen) atoms. The molecule has 0 aromatic heterocycles. The number of alkyl halides is 1. The van der Waals surface area contributed by atoms with Gasteiger partial charge in [-0.2, -0.15) is 0 Å². The summed E-state index contributed by atoms with van der Waals surface area (Å²) < 4.78 is 11.9. The topological polar surface area (TPSA) is 61.9 Å². The van der Waals surface area contributed by atoms with Crippen LogP contribution in [0.2, 0.25) is 0 Å². The molecule has 3 N–H and O–H groups in total. The highest BCUT2D eigenvalue weighted by atomic mass is 19.1. The molecule has 0 aliphatic carbocycles. The van der Waals surface area contributed by atoms with Gasteiger partial charge < -0.3 is 15.8 Å². The zero-order chi connectivity index (χ0) is 9.56. The van der Waals surface area contributed by atoms with E-state index < -0.39 is 0 Å². The third-order valence-corrected chi connectivity index (χ3v) is 1.82. The Morgan fingerprint density at radius 3 is 2.75 bits per heavy atom. The molecule has 0 aliphatic heterocycles. The number of oxime groups is 1. The summed E-state index contributed by atoms with van der Waals surface area (Å²) in [5, 5.41) is 11.1. The summed E-state index contributed by atoms with van der Waals surface area (Å²) in [5.74, 6) is 0.174. The van der Waals surface area contributed by atoms with Crippen molar-refractivity contribution in [1.29, 1.82) is 0 Å². The number of halogens is 1. The van der Waals surface area contributed by atoms with Gasteiger partial charge in [-0.25, -0.2) is 4.39 Å². The van der Waals surface area contributed by atoms with Crippen molar-refractivity contribution >= 4 is 5.84 Å². The molecule has 4 nitrogen and oxygen atoms in total. The maximum absolute atomic E-state index is 11.9. The molecule has 0 aliphatic rings. The molecule has 0 rings (SSSR count). The van der Waals surface area contributed by atoms with Crippen molar-refractivity contribution in [3.8, 4) is 0 Å². The van der Waals surface area contributed by atoms with Crippen molar-refractivity contribution in [2.45, 2.75) is 19.4 Å². The van der Waals surface area contributed by atoms with Crippen molar-refractivity contribution in [3.63, 3.8) is 0 Å². The Hall–Kier alpha value is -0.840. The lowest BCUT2D eigenvalue weighted by Gasteiger charge is -2.22. The van der Waals surface area contributed by atoms with E-state index in [0.717, 1.165) is 0 Å². The van der Waals surface area contributed by atoms with Gasteiger partial charge in [-0.05, 0) is 14.0 Å². The van der Waals surface area contributed by atoms with Crippen LogP contribution in [-0.4, -0.2) is 42.3 Å². The van der Waals surface area contributed by atoms with Crippen molar-refractivity contribution in [2.24, 2.45) is 10.9 Å². The molecular formula is C7H16FN3O. The van der Waals surface area contributed by atoms with Crippen LogP contribution in [0, 0.1) is 0 Å². The molecule has 0 radical (unpaired) electrons. The standard InChI is InChI=1S/C7H16FN3O/c1-6(5-7(9)10-12)11(2)4-3-8/h6,12H,3-5H2,1-2H3,(H2,9,10). The summed E-state index contributed by atoms with van der Waals surface area (Å²) in [6, 6.07) is 0.0941.